The summed E-state index contributed by atoms with van der Waals surface area (Å²) in [5.41, 5.74) is 0.395. The Morgan fingerprint density at radius 1 is 0.857 bits per heavy atom. The first kappa shape index (κ1) is 29.7. The van der Waals surface area contributed by atoms with Crippen LogP contribution in [0.1, 0.15) is 111 Å². The Bertz CT molecular complexity index is 356. The van der Waals surface area contributed by atoms with Crippen LogP contribution < -0.4 is 0 Å². The van der Waals surface area contributed by atoms with Gasteiger partial charge in [-0.25, -0.2) is 4.79 Å². The van der Waals surface area contributed by atoms with Crippen molar-refractivity contribution in [1.82, 2.24) is 4.90 Å². The fourth-order valence-corrected chi connectivity index (χ4v) is 3.06. The van der Waals surface area contributed by atoms with Crippen molar-refractivity contribution in [3.63, 3.8) is 0 Å². The van der Waals surface area contributed by atoms with E-state index in [-0.39, 0.29) is 6.04 Å². The second kappa shape index (κ2) is 22.7. The van der Waals surface area contributed by atoms with Gasteiger partial charge in [0, 0.05) is 17.5 Å². The Morgan fingerprint density at radius 3 is 1.50 bits per heavy atom. The number of rotatable bonds is 17. The minimum Gasteiger partial charge on any atom is -0.478 e. The molecule has 0 aliphatic rings. The van der Waals surface area contributed by atoms with Crippen molar-refractivity contribution in [2.24, 2.45) is 0 Å². The Morgan fingerprint density at radius 2 is 1.21 bits per heavy atom. The largest absolute Gasteiger partial charge is 0.478 e. The quantitative estimate of drug-likeness (QED) is 0.150. The molecule has 0 bridgehead atoms. The van der Waals surface area contributed by atoms with Crippen LogP contribution in [0.5, 0.6) is 0 Å². The van der Waals surface area contributed by atoms with Gasteiger partial charge in [-0.05, 0) is 34.4 Å². The normalized spacial score (nSPS) is 12.6. The van der Waals surface area contributed by atoms with Gasteiger partial charge < -0.3 is 10.0 Å². The van der Waals surface area contributed by atoms with Crippen LogP contribution in [0.2, 0.25) is 0 Å². The third-order valence-electron chi connectivity index (χ3n) is 5.13. The fraction of sp³-hybridized carbons (Fsp3) is 0.875. The summed E-state index contributed by atoms with van der Waals surface area (Å²) in [6.45, 7) is 5.84. The Kier molecular flexibility index (Phi) is 24.1. The molecular weight excluding hydrogens is 370 g/mol. The summed E-state index contributed by atoms with van der Waals surface area (Å²) in [4.78, 5) is 12.3. The van der Waals surface area contributed by atoms with Crippen LogP contribution in [0.15, 0.2) is 11.6 Å². The van der Waals surface area contributed by atoms with Gasteiger partial charge >= 0.3 is 5.97 Å². The van der Waals surface area contributed by atoms with Gasteiger partial charge in [0.05, 0.1) is 0 Å². The van der Waals surface area contributed by atoms with Gasteiger partial charge in [0.2, 0.25) is 0 Å². The highest BCUT2D eigenvalue weighted by Gasteiger charge is 2.04. The van der Waals surface area contributed by atoms with Crippen molar-refractivity contribution < 1.29 is 9.90 Å². The van der Waals surface area contributed by atoms with Gasteiger partial charge in [-0.15, -0.1) is 11.6 Å². The van der Waals surface area contributed by atoms with Crippen molar-refractivity contribution in [3.05, 3.63) is 11.6 Å². The number of hydrogen-bond donors (Lipinski definition) is 1. The zero-order chi connectivity index (χ0) is 21.6. The average Bonchev–Trinajstić information content (AvgIpc) is 2.65. The molecule has 1 unspecified atom stereocenters. The van der Waals surface area contributed by atoms with E-state index in [9.17, 15) is 4.79 Å². The number of aliphatic carboxylic acids is 1. The number of likely N-dealkylation sites (N-methyl/N-ethyl adjacent to an activating group) is 1. The van der Waals surface area contributed by atoms with Crippen molar-refractivity contribution in [2.75, 3.05) is 20.0 Å². The van der Waals surface area contributed by atoms with Gasteiger partial charge in [-0.3, -0.25) is 0 Å². The zero-order valence-corrected chi connectivity index (χ0v) is 20.2. The second-order valence-electron chi connectivity index (χ2n) is 8.14. The van der Waals surface area contributed by atoms with Crippen LogP contribution in [-0.4, -0.2) is 42.0 Å². The molecule has 0 aliphatic heterocycles. The fourth-order valence-electron chi connectivity index (χ4n) is 2.87. The van der Waals surface area contributed by atoms with Crippen LogP contribution in [-0.2, 0) is 4.79 Å². The third kappa shape index (κ3) is 23.5. The summed E-state index contributed by atoms with van der Waals surface area (Å²) < 4.78 is 0. The minimum atomic E-state index is -0.848. The number of carboxylic acid groups (broad SMARTS) is 1. The number of carboxylic acids is 1. The molecule has 0 saturated heterocycles. The molecule has 168 valence electrons. The maximum atomic E-state index is 10.4. The molecule has 0 saturated carbocycles. The monoisotopic (exact) mass is 417 g/mol. The molecule has 0 radical (unpaired) electrons. The number of alkyl halides is 1. The first-order valence-corrected chi connectivity index (χ1v) is 12.0. The van der Waals surface area contributed by atoms with Crippen LogP contribution in [0.3, 0.4) is 0 Å². The van der Waals surface area contributed by atoms with E-state index >= 15 is 0 Å². The van der Waals surface area contributed by atoms with Gasteiger partial charge in [-0.1, -0.05) is 96.5 Å². The van der Waals surface area contributed by atoms with Crippen LogP contribution in [0.4, 0.5) is 0 Å². The maximum Gasteiger partial charge on any atom is 0.331 e. The number of carbonyl (C=O) groups is 1. The molecule has 0 rings (SSSR count). The molecule has 0 aromatic heterocycles. The van der Waals surface area contributed by atoms with Gasteiger partial charge in [0.1, 0.15) is 0 Å². The first-order chi connectivity index (χ1) is 13.4. The molecule has 28 heavy (non-hydrogen) atoms. The number of nitrogens with zero attached hydrogens (tertiary/aromatic N) is 1. The van der Waals surface area contributed by atoms with Gasteiger partial charge in [-0.2, -0.15) is 0 Å². The Labute approximate surface area is 180 Å². The summed E-state index contributed by atoms with van der Waals surface area (Å²) >= 11 is 5.64. The summed E-state index contributed by atoms with van der Waals surface area (Å²) in [5.74, 6) is -0.00316. The Balaban J connectivity index is 0. The molecule has 4 heteroatoms. The smallest absolute Gasteiger partial charge is 0.331 e. The van der Waals surface area contributed by atoms with E-state index in [0.717, 1.165) is 5.88 Å². The van der Waals surface area contributed by atoms with Crippen molar-refractivity contribution in [1.29, 1.82) is 0 Å². The summed E-state index contributed by atoms with van der Waals surface area (Å²) in [5, 5.41) is 8.53. The lowest BCUT2D eigenvalue weighted by Crippen LogP contribution is -2.23. The standard InChI is InChI=1S/C16H33Cl.C8H15NO2/c1-2-3-4-5-6-7-8-9-10-11-12-13-14-15-16-17;1-6(8(10)11)5-7(2)9(3)4/h2-16H2,1H3;5,7H,1-4H3,(H,10,11). The summed E-state index contributed by atoms with van der Waals surface area (Å²) in [6.07, 6.45) is 21.6. The molecule has 0 aliphatic carbocycles. The lowest BCUT2D eigenvalue weighted by Gasteiger charge is -2.15. The highest BCUT2D eigenvalue weighted by molar-refractivity contribution is 6.17. The number of unbranched alkanes of at least 4 members (excludes halogenated alkanes) is 13. The van der Waals surface area contributed by atoms with E-state index in [0.29, 0.717) is 5.57 Å². The SMILES string of the molecule is CC(=CC(C)N(C)C)C(=O)O.CCCCCCCCCCCCCCCCCl. The van der Waals surface area contributed by atoms with E-state index in [1.54, 1.807) is 13.0 Å². The topological polar surface area (TPSA) is 40.5 Å². The molecule has 0 amide bonds. The predicted octanol–water partition coefficient (Wildman–Crippen LogP) is 7.67. The van der Waals surface area contributed by atoms with E-state index in [2.05, 4.69) is 6.92 Å². The molecule has 0 spiro atoms. The van der Waals surface area contributed by atoms with Gasteiger partial charge in [0.25, 0.3) is 0 Å². The average molecular weight is 418 g/mol. The van der Waals surface area contributed by atoms with Crippen molar-refractivity contribution in [2.45, 2.75) is 117 Å². The van der Waals surface area contributed by atoms with E-state index in [1.807, 2.05) is 25.9 Å². The molecular formula is C24H48ClNO2. The highest BCUT2D eigenvalue weighted by Crippen LogP contribution is 2.12. The minimum absolute atomic E-state index is 0.172. The van der Waals surface area contributed by atoms with Crippen LogP contribution >= 0.6 is 11.6 Å². The highest BCUT2D eigenvalue weighted by atomic mass is 35.5. The number of halogens is 1. The summed E-state index contributed by atoms with van der Waals surface area (Å²) in [7, 11) is 3.83. The molecule has 0 aromatic rings. The Hall–Kier alpha value is -0.540. The molecule has 1 N–H and O–H groups in total. The first-order valence-electron chi connectivity index (χ1n) is 11.5. The maximum absolute atomic E-state index is 10.4. The second-order valence-corrected chi connectivity index (χ2v) is 8.52. The van der Waals surface area contributed by atoms with Crippen molar-refractivity contribution >= 4 is 17.6 Å². The predicted molar refractivity (Wildman–Crippen MR) is 126 cm³/mol. The van der Waals surface area contributed by atoms with Crippen LogP contribution in [0.25, 0.3) is 0 Å². The lowest BCUT2D eigenvalue weighted by atomic mass is 10.0. The molecule has 1 atom stereocenters. The summed E-state index contributed by atoms with van der Waals surface area (Å²) in [6, 6.07) is 0.172. The van der Waals surface area contributed by atoms with Crippen molar-refractivity contribution in [3.8, 4) is 0 Å². The molecule has 0 fully saturated rings. The molecule has 0 aromatic carbocycles. The number of hydrogen-bond acceptors (Lipinski definition) is 2. The van der Waals surface area contributed by atoms with E-state index in [1.165, 1.54) is 89.9 Å². The van der Waals surface area contributed by atoms with E-state index < -0.39 is 5.97 Å². The van der Waals surface area contributed by atoms with Gasteiger partial charge in [0.15, 0.2) is 0 Å². The molecule has 0 heterocycles. The van der Waals surface area contributed by atoms with Crippen LogP contribution in [0, 0.1) is 0 Å². The molecule has 3 nitrogen and oxygen atoms in total. The third-order valence-corrected chi connectivity index (χ3v) is 5.40. The van der Waals surface area contributed by atoms with E-state index in [4.69, 9.17) is 16.7 Å². The zero-order valence-electron chi connectivity index (χ0n) is 19.4. The lowest BCUT2D eigenvalue weighted by molar-refractivity contribution is -0.132.